The molecule has 1 aromatic heterocycles. The molecule has 7 heteroatoms. The van der Waals surface area contributed by atoms with Gasteiger partial charge in [-0.25, -0.2) is 0 Å². The molecular weight excluding hydrogens is 440 g/mol. The molecule has 6 nitrogen and oxygen atoms in total. The summed E-state index contributed by atoms with van der Waals surface area (Å²) in [6.45, 7) is 4.01. The van der Waals surface area contributed by atoms with Crippen LogP contribution in [0, 0.1) is 0 Å². The van der Waals surface area contributed by atoms with Crippen molar-refractivity contribution in [3.63, 3.8) is 0 Å². The van der Waals surface area contributed by atoms with Crippen LogP contribution >= 0.6 is 11.6 Å². The molecule has 1 atom stereocenters. The average molecular weight is 463 g/mol. The summed E-state index contributed by atoms with van der Waals surface area (Å²) in [6, 6.07) is 16.5. The highest BCUT2D eigenvalue weighted by Gasteiger charge is 2.46. The Bertz CT molecular complexity index is 1190. The number of aliphatic hydroxyl groups excluding tert-OH is 1. The zero-order valence-electron chi connectivity index (χ0n) is 18.2. The lowest BCUT2D eigenvalue weighted by Crippen LogP contribution is -2.29. The summed E-state index contributed by atoms with van der Waals surface area (Å²) in [5.41, 5.74) is 1.89. The Morgan fingerprint density at radius 2 is 1.79 bits per heavy atom. The van der Waals surface area contributed by atoms with Crippen molar-refractivity contribution in [3.8, 4) is 5.75 Å². The van der Waals surface area contributed by atoms with E-state index in [1.54, 1.807) is 67.0 Å². The first kappa shape index (κ1) is 22.6. The van der Waals surface area contributed by atoms with Gasteiger partial charge in [-0.2, -0.15) is 0 Å². The molecule has 33 heavy (non-hydrogen) atoms. The quantitative estimate of drug-likeness (QED) is 0.311. The Morgan fingerprint density at radius 3 is 2.39 bits per heavy atom. The van der Waals surface area contributed by atoms with Crippen LogP contribution in [-0.2, 0) is 16.1 Å². The van der Waals surface area contributed by atoms with Crippen molar-refractivity contribution in [2.75, 3.05) is 0 Å². The molecule has 1 aliphatic rings. The Labute approximate surface area is 197 Å². The van der Waals surface area contributed by atoms with Crippen LogP contribution in [0.2, 0.25) is 5.02 Å². The molecule has 4 rings (SSSR count). The standard InChI is InChI=1S/C26H23ClN2O4/c1-16(2)33-21-11-7-19(8-12-21)24(30)22-23(18-5-9-20(27)10-6-18)29(26(32)25(22)31)15-17-4-3-13-28-14-17/h3-14,16,23,30H,15H2,1-2H3/b24-22-. The van der Waals surface area contributed by atoms with E-state index in [4.69, 9.17) is 16.3 Å². The van der Waals surface area contributed by atoms with Gasteiger partial charge in [-0.3, -0.25) is 14.6 Å². The number of Topliss-reactive ketones (excluding diaryl/α,β-unsaturated/α-hetero) is 1. The van der Waals surface area contributed by atoms with E-state index in [9.17, 15) is 14.7 Å². The third-order valence-electron chi connectivity index (χ3n) is 5.30. The first-order valence-electron chi connectivity index (χ1n) is 10.5. The predicted molar refractivity (Wildman–Crippen MR) is 126 cm³/mol. The van der Waals surface area contributed by atoms with Crippen LogP contribution in [0.1, 0.15) is 36.6 Å². The molecule has 1 amide bonds. The lowest BCUT2D eigenvalue weighted by atomic mass is 9.95. The zero-order valence-corrected chi connectivity index (χ0v) is 19.0. The van der Waals surface area contributed by atoms with Crippen LogP contribution in [0.5, 0.6) is 5.75 Å². The van der Waals surface area contributed by atoms with Crippen LogP contribution in [0.4, 0.5) is 0 Å². The van der Waals surface area contributed by atoms with Gasteiger partial charge in [0.25, 0.3) is 11.7 Å². The Kier molecular flexibility index (Phi) is 6.47. The van der Waals surface area contributed by atoms with Crippen LogP contribution < -0.4 is 4.74 Å². The average Bonchev–Trinajstić information content (AvgIpc) is 3.05. The Balaban J connectivity index is 1.79. The molecule has 0 saturated carbocycles. The molecule has 0 bridgehead atoms. The fourth-order valence-corrected chi connectivity index (χ4v) is 3.97. The first-order valence-corrected chi connectivity index (χ1v) is 10.9. The number of likely N-dealkylation sites (tertiary alicyclic amines) is 1. The third-order valence-corrected chi connectivity index (χ3v) is 5.55. The van der Waals surface area contributed by atoms with E-state index < -0.39 is 17.7 Å². The number of aliphatic hydroxyl groups is 1. The molecule has 0 aliphatic carbocycles. The number of carbonyl (C=O) groups excluding carboxylic acids is 2. The van der Waals surface area contributed by atoms with Crippen molar-refractivity contribution in [1.29, 1.82) is 0 Å². The summed E-state index contributed by atoms with van der Waals surface area (Å²) in [4.78, 5) is 31.7. The number of ketones is 1. The summed E-state index contributed by atoms with van der Waals surface area (Å²) in [7, 11) is 0. The molecule has 168 valence electrons. The van der Waals surface area contributed by atoms with Crippen molar-refractivity contribution in [2.45, 2.75) is 32.5 Å². The summed E-state index contributed by atoms with van der Waals surface area (Å²) in [5.74, 6) is -1.01. The number of amides is 1. The molecule has 2 heterocycles. The number of hydrogen-bond acceptors (Lipinski definition) is 5. The molecule has 1 fully saturated rings. The topological polar surface area (TPSA) is 79.7 Å². The van der Waals surface area contributed by atoms with Crippen molar-refractivity contribution < 1.29 is 19.4 Å². The summed E-state index contributed by atoms with van der Waals surface area (Å²) in [5, 5.41) is 11.7. The van der Waals surface area contributed by atoms with Gasteiger partial charge in [0.2, 0.25) is 0 Å². The van der Waals surface area contributed by atoms with Gasteiger partial charge in [0, 0.05) is 29.5 Å². The molecule has 1 unspecified atom stereocenters. The lowest BCUT2D eigenvalue weighted by Gasteiger charge is -2.25. The lowest BCUT2D eigenvalue weighted by molar-refractivity contribution is -0.140. The van der Waals surface area contributed by atoms with E-state index in [-0.39, 0.29) is 24.0 Å². The molecule has 0 radical (unpaired) electrons. The van der Waals surface area contributed by atoms with Crippen LogP contribution in [0.3, 0.4) is 0 Å². The number of carbonyl (C=O) groups is 2. The maximum Gasteiger partial charge on any atom is 0.295 e. The zero-order chi connectivity index (χ0) is 23.5. The Morgan fingerprint density at radius 1 is 1.09 bits per heavy atom. The van der Waals surface area contributed by atoms with Gasteiger partial charge in [0.1, 0.15) is 11.5 Å². The summed E-state index contributed by atoms with van der Waals surface area (Å²) < 4.78 is 5.65. The second kappa shape index (κ2) is 9.46. The van der Waals surface area contributed by atoms with Gasteiger partial charge >= 0.3 is 0 Å². The van der Waals surface area contributed by atoms with E-state index in [1.807, 2.05) is 19.9 Å². The molecule has 1 aliphatic heterocycles. The number of rotatable bonds is 6. The van der Waals surface area contributed by atoms with Crippen molar-refractivity contribution in [3.05, 3.63) is 100 Å². The summed E-state index contributed by atoms with van der Waals surface area (Å²) in [6.07, 6.45) is 3.29. The van der Waals surface area contributed by atoms with Gasteiger partial charge in [0.15, 0.2) is 0 Å². The number of hydrogen-bond donors (Lipinski definition) is 1. The van der Waals surface area contributed by atoms with Crippen molar-refractivity contribution in [1.82, 2.24) is 9.88 Å². The number of ether oxygens (including phenoxy) is 1. The SMILES string of the molecule is CC(C)Oc1ccc(/C(O)=C2/C(=O)C(=O)N(Cc3cccnc3)C2c2ccc(Cl)cc2)cc1. The molecule has 1 N–H and O–H groups in total. The largest absolute Gasteiger partial charge is 0.507 e. The number of benzene rings is 2. The minimum atomic E-state index is -0.769. The van der Waals surface area contributed by atoms with Crippen molar-refractivity contribution in [2.24, 2.45) is 0 Å². The highest BCUT2D eigenvalue weighted by atomic mass is 35.5. The van der Waals surface area contributed by atoms with Gasteiger partial charge in [0.05, 0.1) is 17.7 Å². The number of aromatic nitrogens is 1. The molecule has 3 aromatic rings. The monoisotopic (exact) mass is 462 g/mol. The molecular formula is C26H23ClN2O4. The highest BCUT2D eigenvalue weighted by molar-refractivity contribution is 6.46. The minimum absolute atomic E-state index is 0.00662. The van der Waals surface area contributed by atoms with E-state index in [2.05, 4.69) is 4.98 Å². The fourth-order valence-electron chi connectivity index (χ4n) is 3.84. The van der Waals surface area contributed by atoms with Crippen LogP contribution in [0.25, 0.3) is 5.76 Å². The van der Waals surface area contributed by atoms with Gasteiger partial charge in [-0.05, 0) is 67.4 Å². The van der Waals surface area contributed by atoms with E-state index in [0.29, 0.717) is 21.9 Å². The molecule has 1 saturated heterocycles. The van der Waals surface area contributed by atoms with E-state index in [1.165, 1.54) is 4.90 Å². The second-order valence-electron chi connectivity index (χ2n) is 8.03. The van der Waals surface area contributed by atoms with Crippen LogP contribution in [-0.4, -0.2) is 32.8 Å². The fraction of sp³-hybridized carbons (Fsp3) is 0.192. The maximum atomic E-state index is 13.1. The van der Waals surface area contributed by atoms with E-state index >= 15 is 0 Å². The number of halogens is 1. The van der Waals surface area contributed by atoms with E-state index in [0.717, 1.165) is 5.56 Å². The van der Waals surface area contributed by atoms with Crippen LogP contribution in [0.15, 0.2) is 78.6 Å². The number of nitrogens with zero attached hydrogens (tertiary/aromatic N) is 2. The summed E-state index contributed by atoms with van der Waals surface area (Å²) >= 11 is 6.06. The predicted octanol–water partition coefficient (Wildman–Crippen LogP) is 5.14. The molecule has 2 aromatic carbocycles. The van der Waals surface area contributed by atoms with Gasteiger partial charge in [-0.1, -0.05) is 29.8 Å². The minimum Gasteiger partial charge on any atom is -0.507 e. The highest BCUT2D eigenvalue weighted by Crippen LogP contribution is 2.40. The molecule has 0 spiro atoms. The number of pyridine rings is 1. The van der Waals surface area contributed by atoms with Crippen molar-refractivity contribution >= 4 is 29.1 Å². The first-order chi connectivity index (χ1) is 15.8. The Hall–Kier alpha value is -3.64. The second-order valence-corrected chi connectivity index (χ2v) is 8.47. The normalized spacial score (nSPS) is 17.6. The smallest absolute Gasteiger partial charge is 0.295 e. The third kappa shape index (κ3) is 4.76. The van der Waals surface area contributed by atoms with Gasteiger partial charge < -0.3 is 14.7 Å². The maximum absolute atomic E-state index is 13.1. The van der Waals surface area contributed by atoms with Gasteiger partial charge in [-0.15, -0.1) is 0 Å².